The second-order valence-electron chi connectivity index (χ2n) is 2.48. The van der Waals surface area contributed by atoms with Crippen molar-refractivity contribution in [2.24, 2.45) is 5.73 Å². The topological polar surface area (TPSA) is 41.3 Å². The van der Waals surface area contributed by atoms with Gasteiger partial charge in [0.15, 0.2) is 0 Å². The number of nitrogens with zero attached hydrogens (tertiary/aromatic N) is 1. The molecule has 58 valence electrons. The van der Waals surface area contributed by atoms with Gasteiger partial charge >= 0.3 is 0 Å². The van der Waals surface area contributed by atoms with Crippen molar-refractivity contribution in [2.75, 3.05) is 6.54 Å². The number of allylic oxidation sites excluding steroid dienone is 1. The Hall–Kier alpha value is -0.900. The molecule has 11 heavy (non-hydrogen) atoms. The van der Waals surface area contributed by atoms with Crippen LogP contribution in [0.5, 0.6) is 0 Å². The summed E-state index contributed by atoms with van der Waals surface area (Å²) in [5.41, 5.74) is 6.51. The molecule has 4 heteroatoms. The molecule has 0 atom stereocenters. The van der Waals surface area contributed by atoms with Crippen LogP contribution in [0, 0.1) is 0 Å². The quantitative estimate of drug-likeness (QED) is 0.626. The molecule has 0 bridgehead atoms. The van der Waals surface area contributed by atoms with E-state index in [-0.39, 0.29) is 0 Å². The molecule has 2 aliphatic rings. The Morgan fingerprint density at radius 3 is 3.27 bits per heavy atom. The van der Waals surface area contributed by atoms with Gasteiger partial charge in [-0.15, -0.1) is 0 Å². The number of halogens is 1. The van der Waals surface area contributed by atoms with Crippen LogP contribution in [0.15, 0.2) is 34.5 Å². The van der Waals surface area contributed by atoms with Gasteiger partial charge in [-0.25, -0.2) is 0 Å². The fourth-order valence-corrected chi connectivity index (χ4v) is 1.71. The van der Waals surface area contributed by atoms with Crippen molar-refractivity contribution >= 4 is 15.9 Å². The van der Waals surface area contributed by atoms with E-state index in [4.69, 9.17) is 5.73 Å². The summed E-state index contributed by atoms with van der Waals surface area (Å²) in [4.78, 5) is 2.05. The zero-order valence-corrected chi connectivity index (χ0v) is 7.43. The maximum absolute atomic E-state index is 5.74. The second kappa shape index (κ2) is 2.30. The van der Waals surface area contributed by atoms with Gasteiger partial charge in [-0.3, -0.25) is 0 Å². The Kier molecular flexibility index (Phi) is 1.42. The van der Waals surface area contributed by atoms with Gasteiger partial charge in [0.1, 0.15) is 5.82 Å². The lowest BCUT2D eigenvalue weighted by atomic mass is 10.3. The average molecular weight is 214 g/mol. The van der Waals surface area contributed by atoms with Gasteiger partial charge in [-0.2, -0.15) is 0 Å². The van der Waals surface area contributed by atoms with Crippen LogP contribution in [0.4, 0.5) is 0 Å². The molecule has 3 nitrogen and oxygen atoms in total. The smallest absolute Gasteiger partial charge is 0.133 e. The highest BCUT2D eigenvalue weighted by Crippen LogP contribution is 2.22. The van der Waals surface area contributed by atoms with Crippen LogP contribution in [0.3, 0.4) is 0 Å². The summed E-state index contributed by atoms with van der Waals surface area (Å²) >= 11 is 3.41. The number of nitrogens with two attached hydrogens (primary N) is 1. The fourth-order valence-electron chi connectivity index (χ4n) is 1.19. The van der Waals surface area contributed by atoms with Crippen molar-refractivity contribution in [3.05, 3.63) is 34.5 Å². The maximum atomic E-state index is 5.74. The van der Waals surface area contributed by atoms with E-state index in [2.05, 4.69) is 26.1 Å². The molecule has 0 aromatic carbocycles. The monoisotopic (exact) mass is 213 g/mol. The molecule has 0 aliphatic carbocycles. The third-order valence-corrected chi connectivity index (χ3v) is 2.15. The molecule has 0 unspecified atom stereocenters. The Labute approximate surface area is 73.4 Å². The Morgan fingerprint density at radius 2 is 2.45 bits per heavy atom. The van der Waals surface area contributed by atoms with Crippen molar-refractivity contribution in [2.45, 2.75) is 0 Å². The molecular formula is C7H8BrN3. The van der Waals surface area contributed by atoms with Gasteiger partial charge in [-0.1, -0.05) is 15.9 Å². The molecule has 2 rings (SSSR count). The summed E-state index contributed by atoms with van der Waals surface area (Å²) in [6, 6.07) is 0. The molecule has 2 heterocycles. The van der Waals surface area contributed by atoms with Crippen molar-refractivity contribution in [1.82, 2.24) is 10.2 Å². The number of nitrogens with one attached hydrogen (secondary N) is 1. The molecule has 0 amide bonds. The normalized spacial score (nSPS) is 21.5. The molecule has 0 saturated carbocycles. The highest BCUT2D eigenvalue weighted by Gasteiger charge is 2.18. The predicted molar refractivity (Wildman–Crippen MR) is 47.2 cm³/mol. The fraction of sp³-hybridized carbons (Fsp3) is 0.143. The molecule has 0 fully saturated rings. The van der Waals surface area contributed by atoms with E-state index in [9.17, 15) is 0 Å². The summed E-state index contributed by atoms with van der Waals surface area (Å²) in [5, 5.41) is 3.06. The molecule has 0 saturated heterocycles. The van der Waals surface area contributed by atoms with Crippen molar-refractivity contribution in [3.63, 3.8) is 0 Å². The van der Waals surface area contributed by atoms with Gasteiger partial charge in [-0.05, 0) is 6.08 Å². The predicted octanol–water partition coefficient (Wildman–Crippen LogP) is 0.783. The standard InChI is InChI=1S/C7H8BrN3/c8-5-3-6(9)7-10-1-2-11(7)4-5/h1-3,10H,4,9H2. The highest BCUT2D eigenvalue weighted by atomic mass is 79.9. The van der Waals surface area contributed by atoms with Crippen molar-refractivity contribution in [3.8, 4) is 0 Å². The zero-order valence-electron chi connectivity index (χ0n) is 5.84. The molecule has 0 aromatic heterocycles. The van der Waals surface area contributed by atoms with Crippen LogP contribution in [0.25, 0.3) is 0 Å². The van der Waals surface area contributed by atoms with Crippen molar-refractivity contribution < 1.29 is 0 Å². The minimum absolute atomic E-state index is 0.771. The Balaban J connectivity index is 2.39. The summed E-state index contributed by atoms with van der Waals surface area (Å²) < 4.78 is 1.10. The van der Waals surface area contributed by atoms with Crippen LogP contribution in [-0.4, -0.2) is 11.4 Å². The van der Waals surface area contributed by atoms with E-state index < -0.39 is 0 Å². The van der Waals surface area contributed by atoms with Crippen LogP contribution < -0.4 is 11.1 Å². The largest absolute Gasteiger partial charge is 0.396 e. The first-order valence-corrected chi connectivity index (χ1v) is 4.12. The minimum atomic E-state index is 0.771. The second-order valence-corrected chi connectivity index (χ2v) is 3.50. The summed E-state index contributed by atoms with van der Waals surface area (Å²) in [7, 11) is 0. The van der Waals surface area contributed by atoms with Gasteiger partial charge in [0.05, 0.1) is 12.2 Å². The first-order chi connectivity index (χ1) is 5.27. The lowest BCUT2D eigenvalue weighted by molar-refractivity contribution is 0.502. The van der Waals surface area contributed by atoms with Gasteiger partial charge < -0.3 is 16.0 Å². The van der Waals surface area contributed by atoms with Gasteiger partial charge in [0.25, 0.3) is 0 Å². The SMILES string of the molecule is NC1=C2NC=CN2CC(Br)=C1. The van der Waals surface area contributed by atoms with E-state index in [0.717, 1.165) is 22.5 Å². The molecule has 0 radical (unpaired) electrons. The Morgan fingerprint density at radius 1 is 1.64 bits per heavy atom. The summed E-state index contributed by atoms with van der Waals surface area (Å²) in [5.74, 6) is 0.980. The molecule has 0 aromatic rings. The first kappa shape index (κ1) is 6.79. The number of rotatable bonds is 0. The van der Waals surface area contributed by atoms with E-state index in [1.54, 1.807) is 0 Å². The lowest BCUT2D eigenvalue weighted by Gasteiger charge is -2.22. The van der Waals surface area contributed by atoms with E-state index >= 15 is 0 Å². The van der Waals surface area contributed by atoms with Crippen LogP contribution in [0.1, 0.15) is 0 Å². The van der Waals surface area contributed by atoms with E-state index in [1.807, 2.05) is 18.5 Å². The number of hydrogen-bond acceptors (Lipinski definition) is 3. The van der Waals surface area contributed by atoms with E-state index in [1.165, 1.54) is 0 Å². The summed E-state index contributed by atoms with van der Waals surface area (Å²) in [6.07, 6.45) is 5.77. The minimum Gasteiger partial charge on any atom is -0.396 e. The molecule has 2 aliphatic heterocycles. The van der Waals surface area contributed by atoms with Crippen LogP contribution >= 0.6 is 15.9 Å². The highest BCUT2D eigenvalue weighted by molar-refractivity contribution is 9.11. The van der Waals surface area contributed by atoms with Gasteiger partial charge in [0.2, 0.25) is 0 Å². The van der Waals surface area contributed by atoms with Crippen molar-refractivity contribution in [1.29, 1.82) is 0 Å². The summed E-state index contributed by atoms with van der Waals surface area (Å²) in [6.45, 7) is 0.861. The zero-order chi connectivity index (χ0) is 7.84. The third-order valence-electron chi connectivity index (χ3n) is 1.67. The maximum Gasteiger partial charge on any atom is 0.133 e. The Bertz CT molecular complexity index is 277. The lowest BCUT2D eigenvalue weighted by Crippen LogP contribution is -2.27. The first-order valence-electron chi connectivity index (χ1n) is 3.33. The average Bonchev–Trinajstić information content (AvgIpc) is 2.34. The van der Waals surface area contributed by atoms with Crippen LogP contribution in [0.2, 0.25) is 0 Å². The van der Waals surface area contributed by atoms with Gasteiger partial charge in [0, 0.05) is 16.9 Å². The third kappa shape index (κ3) is 1.03. The molecular weight excluding hydrogens is 206 g/mol. The number of fused-ring (bicyclic) bond motifs is 1. The molecule has 0 spiro atoms. The van der Waals surface area contributed by atoms with Crippen LogP contribution in [-0.2, 0) is 0 Å². The number of hydrogen-bond donors (Lipinski definition) is 2. The van der Waals surface area contributed by atoms with E-state index in [0.29, 0.717) is 0 Å². The molecule has 3 N–H and O–H groups in total.